The molecule has 0 spiro atoms. The zero-order valence-electron chi connectivity index (χ0n) is 10.9. The van der Waals surface area contributed by atoms with E-state index in [4.69, 9.17) is 5.11 Å². The van der Waals surface area contributed by atoms with Gasteiger partial charge in [0.1, 0.15) is 0 Å². The van der Waals surface area contributed by atoms with Gasteiger partial charge in [-0.05, 0) is 17.7 Å². The van der Waals surface area contributed by atoms with Gasteiger partial charge in [-0.2, -0.15) is 5.10 Å². The smallest absolute Gasteiger partial charge is 0.305 e. The number of hydrogen-bond donors (Lipinski definition) is 1. The van der Waals surface area contributed by atoms with Gasteiger partial charge in [0.2, 0.25) is 0 Å². The molecule has 7 heteroatoms. The number of carboxylic acid groups (broad SMARTS) is 1. The van der Waals surface area contributed by atoms with E-state index in [-0.39, 0.29) is 11.3 Å². The quantitative estimate of drug-likeness (QED) is 0.901. The zero-order chi connectivity index (χ0) is 14.8. The Morgan fingerprint density at radius 3 is 2.45 bits per heavy atom. The van der Waals surface area contributed by atoms with Crippen molar-refractivity contribution in [1.29, 1.82) is 0 Å². The summed E-state index contributed by atoms with van der Waals surface area (Å²) in [6, 6.07) is 6.49. The molecule has 1 N–H and O–H groups in total. The van der Waals surface area contributed by atoms with E-state index in [0.29, 0.717) is 6.54 Å². The number of carbonyl (C=O) groups is 1. The molecule has 0 aliphatic carbocycles. The molecular weight excluding hydrogens is 280 g/mol. The molecule has 1 heterocycles. The minimum atomic E-state index is -3.20. The molecule has 0 fully saturated rings. The van der Waals surface area contributed by atoms with Crippen LogP contribution in [0.2, 0.25) is 0 Å². The van der Waals surface area contributed by atoms with Crippen LogP contribution in [0.3, 0.4) is 0 Å². The summed E-state index contributed by atoms with van der Waals surface area (Å²) in [5, 5.41) is 12.7. The molecule has 20 heavy (non-hydrogen) atoms. The number of benzene rings is 1. The van der Waals surface area contributed by atoms with Crippen LogP contribution in [0.25, 0.3) is 11.1 Å². The van der Waals surface area contributed by atoms with E-state index in [1.807, 2.05) is 0 Å². The molecule has 1 aromatic carbocycles. The predicted octanol–water partition coefficient (Wildman–Crippen LogP) is 1.43. The second-order valence-corrected chi connectivity index (χ2v) is 6.45. The molecule has 0 unspecified atom stereocenters. The topological polar surface area (TPSA) is 89.3 Å². The molecule has 2 aromatic rings. The Balaban J connectivity index is 2.18. The number of hydrogen-bond acceptors (Lipinski definition) is 4. The van der Waals surface area contributed by atoms with E-state index < -0.39 is 15.8 Å². The third kappa shape index (κ3) is 3.45. The van der Waals surface area contributed by atoms with Gasteiger partial charge in [0.15, 0.2) is 9.84 Å². The molecule has 0 saturated heterocycles. The van der Waals surface area contributed by atoms with E-state index in [1.54, 1.807) is 41.3 Å². The van der Waals surface area contributed by atoms with Crippen molar-refractivity contribution in [3.8, 4) is 11.1 Å². The molecule has 0 aliphatic heterocycles. The Morgan fingerprint density at radius 2 is 1.90 bits per heavy atom. The second-order valence-electron chi connectivity index (χ2n) is 4.43. The Labute approximate surface area is 116 Å². The molecule has 0 saturated carbocycles. The summed E-state index contributed by atoms with van der Waals surface area (Å²) in [6.07, 6.45) is 4.52. The van der Waals surface area contributed by atoms with Crippen molar-refractivity contribution in [1.82, 2.24) is 9.78 Å². The molecule has 0 bridgehead atoms. The fraction of sp³-hybridized carbons (Fsp3) is 0.231. The van der Waals surface area contributed by atoms with Gasteiger partial charge in [-0.3, -0.25) is 9.48 Å². The largest absolute Gasteiger partial charge is 0.481 e. The van der Waals surface area contributed by atoms with E-state index in [1.165, 1.54) is 0 Å². The first-order valence-corrected chi connectivity index (χ1v) is 7.80. The van der Waals surface area contributed by atoms with Crippen molar-refractivity contribution in [3.05, 3.63) is 36.7 Å². The van der Waals surface area contributed by atoms with Gasteiger partial charge in [0.05, 0.1) is 24.1 Å². The van der Waals surface area contributed by atoms with Crippen LogP contribution in [0.1, 0.15) is 6.42 Å². The van der Waals surface area contributed by atoms with Crippen molar-refractivity contribution in [2.45, 2.75) is 17.9 Å². The molecule has 0 radical (unpaired) electrons. The average Bonchev–Trinajstić information content (AvgIpc) is 2.84. The zero-order valence-corrected chi connectivity index (χ0v) is 11.7. The number of nitrogens with zero attached hydrogens (tertiary/aromatic N) is 2. The predicted molar refractivity (Wildman–Crippen MR) is 73.0 cm³/mol. The highest BCUT2D eigenvalue weighted by atomic mass is 32.2. The number of aryl methyl sites for hydroxylation is 1. The summed E-state index contributed by atoms with van der Waals surface area (Å²) in [5.74, 6) is -0.875. The lowest BCUT2D eigenvalue weighted by Gasteiger charge is -2.00. The molecule has 2 rings (SSSR count). The molecule has 1 aromatic heterocycles. The fourth-order valence-electron chi connectivity index (χ4n) is 1.74. The molecule has 0 atom stereocenters. The van der Waals surface area contributed by atoms with E-state index in [9.17, 15) is 13.2 Å². The van der Waals surface area contributed by atoms with Crippen molar-refractivity contribution < 1.29 is 18.3 Å². The van der Waals surface area contributed by atoms with E-state index >= 15 is 0 Å². The number of carboxylic acids is 1. The van der Waals surface area contributed by atoms with Crippen LogP contribution in [0.4, 0.5) is 0 Å². The minimum Gasteiger partial charge on any atom is -0.481 e. The third-order valence-electron chi connectivity index (χ3n) is 2.80. The summed E-state index contributed by atoms with van der Waals surface area (Å²) < 4.78 is 24.3. The fourth-order valence-corrected chi connectivity index (χ4v) is 2.37. The normalized spacial score (nSPS) is 11.4. The summed E-state index contributed by atoms with van der Waals surface area (Å²) in [7, 11) is -3.20. The Morgan fingerprint density at radius 1 is 1.25 bits per heavy atom. The number of aliphatic carboxylic acids is 1. The first kappa shape index (κ1) is 14.3. The molecule has 6 nitrogen and oxygen atoms in total. The lowest BCUT2D eigenvalue weighted by molar-refractivity contribution is -0.137. The highest BCUT2D eigenvalue weighted by Gasteiger charge is 2.08. The van der Waals surface area contributed by atoms with Gasteiger partial charge in [-0.1, -0.05) is 12.1 Å². The highest BCUT2D eigenvalue weighted by molar-refractivity contribution is 7.90. The van der Waals surface area contributed by atoms with Crippen molar-refractivity contribution in [2.24, 2.45) is 0 Å². The van der Waals surface area contributed by atoms with Gasteiger partial charge in [0, 0.05) is 18.0 Å². The van der Waals surface area contributed by atoms with Crippen LogP contribution >= 0.6 is 0 Å². The lowest BCUT2D eigenvalue weighted by atomic mass is 10.1. The summed E-state index contributed by atoms with van der Waals surface area (Å²) >= 11 is 0. The monoisotopic (exact) mass is 294 g/mol. The maximum Gasteiger partial charge on any atom is 0.305 e. The van der Waals surface area contributed by atoms with E-state index in [2.05, 4.69) is 5.10 Å². The van der Waals surface area contributed by atoms with Crippen LogP contribution in [0.15, 0.2) is 41.6 Å². The minimum absolute atomic E-state index is 0.00807. The summed E-state index contributed by atoms with van der Waals surface area (Å²) in [6.45, 7) is 0.302. The maximum absolute atomic E-state index is 11.4. The highest BCUT2D eigenvalue weighted by Crippen LogP contribution is 2.20. The van der Waals surface area contributed by atoms with Crippen LogP contribution in [0.5, 0.6) is 0 Å². The van der Waals surface area contributed by atoms with Gasteiger partial charge in [0.25, 0.3) is 0 Å². The van der Waals surface area contributed by atoms with Crippen molar-refractivity contribution >= 4 is 15.8 Å². The third-order valence-corrected chi connectivity index (χ3v) is 3.93. The Hall–Kier alpha value is -2.15. The Kier molecular flexibility index (Phi) is 3.89. The standard InChI is InChI=1S/C13H14N2O4S/c1-20(18,19)12-4-2-10(3-5-12)11-8-14-15(9-11)7-6-13(16)17/h2-5,8-9H,6-7H2,1H3,(H,16,17). The first-order valence-electron chi connectivity index (χ1n) is 5.91. The van der Waals surface area contributed by atoms with Crippen LogP contribution in [0, 0.1) is 0 Å². The molecular formula is C13H14N2O4S. The Bertz CT molecular complexity index is 717. The molecule has 0 amide bonds. The van der Waals surface area contributed by atoms with Crippen LogP contribution in [-0.2, 0) is 21.2 Å². The van der Waals surface area contributed by atoms with Gasteiger partial charge >= 0.3 is 5.97 Å². The van der Waals surface area contributed by atoms with E-state index in [0.717, 1.165) is 17.4 Å². The van der Waals surface area contributed by atoms with Gasteiger partial charge < -0.3 is 5.11 Å². The summed E-state index contributed by atoms with van der Waals surface area (Å²) in [5.41, 5.74) is 1.65. The number of aromatic nitrogens is 2. The van der Waals surface area contributed by atoms with Crippen LogP contribution < -0.4 is 0 Å². The maximum atomic E-state index is 11.4. The van der Waals surface area contributed by atoms with Gasteiger partial charge in [-0.25, -0.2) is 8.42 Å². The number of sulfone groups is 1. The second kappa shape index (κ2) is 5.46. The molecule has 0 aliphatic rings. The van der Waals surface area contributed by atoms with Crippen molar-refractivity contribution in [2.75, 3.05) is 6.26 Å². The average molecular weight is 294 g/mol. The SMILES string of the molecule is CS(=O)(=O)c1ccc(-c2cnn(CCC(=O)O)c2)cc1. The number of rotatable bonds is 5. The first-order chi connectivity index (χ1) is 9.36. The lowest BCUT2D eigenvalue weighted by Crippen LogP contribution is -2.04. The van der Waals surface area contributed by atoms with Crippen molar-refractivity contribution in [3.63, 3.8) is 0 Å². The van der Waals surface area contributed by atoms with Gasteiger partial charge in [-0.15, -0.1) is 0 Å². The summed E-state index contributed by atoms with van der Waals surface area (Å²) in [4.78, 5) is 10.7. The molecule has 106 valence electrons. The van der Waals surface area contributed by atoms with Crippen LogP contribution in [-0.4, -0.2) is 35.5 Å².